The van der Waals surface area contributed by atoms with E-state index < -0.39 is 47.6 Å². The van der Waals surface area contributed by atoms with Crippen molar-refractivity contribution in [2.45, 2.75) is 64.8 Å². The summed E-state index contributed by atoms with van der Waals surface area (Å²) in [7, 11) is 1.42. The van der Waals surface area contributed by atoms with E-state index in [9.17, 15) is 33.5 Å². The van der Waals surface area contributed by atoms with E-state index in [1.165, 1.54) is 49.3 Å². The summed E-state index contributed by atoms with van der Waals surface area (Å²) < 4.78 is 26.2. The molecule has 6 N–H and O–H groups in total. The van der Waals surface area contributed by atoms with Crippen LogP contribution in [-0.2, 0) is 20.9 Å². The number of aromatic amines is 1. The van der Waals surface area contributed by atoms with E-state index >= 15 is 0 Å². The Bertz CT molecular complexity index is 1700. The predicted molar refractivity (Wildman–Crippen MR) is 185 cm³/mol. The lowest BCUT2D eigenvalue weighted by atomic mass is 9.97. The van der Waals surface area contributed by atoms with Crippen LogP contribution in [-0.4, -0.2) is 89.5 Å². The van der Waals surface area contributed by atoms with Crippen molar-refractivity contribution in [2.24, 2.45) is 5.92 Å². The number of carbonyl (C=O) groups is 5. The molecule has 4 bridgehead atoms. The summed E-state index contributed by atoms with van der Waals surface area (Å²) in [5.41, 5.74) is 0.887. The number of aliphatic hydroxyl groups excluding tert-OH is 1. The van der Waals surface area contributed by atoms with Gasteiger partial charge in [0.2, 0.25) is 17.7 Å². The van der Waals surface area contributed by atoms with Gasteiger partial charge in [0.25, 0.3) is 11.8 Å². The Kier molecular flexibility index (Phi) is 13.5. The first-order valence-electron chi connectivity index (χ1n) is 16.8. The molecular formula is C36H45FN6O8. The maximum absolute atomic E-state index is 14.8. The molecule has 51 heavy (non-hydrogen) atoms. The molecule has 15 heteroatoms. The Morgan fingerprint density at radius 3 is 2.49 bits per heavy atom. The number of nitrogens with zero attached hydrogens (tertiary/aromatic N) is 1. The van der Waals surface area contributed by atoms with Crippen molar-refractivity contribution in [3.05, 3.63) is 77.4 Å². The zero-order chi connectivity index (χ0) is 37.1. The van der Waals surface area contributed by atoms with E-state index in [2.05, 4.69) is 26.3 Å². The predicted octanol–water partition coefficient (Wildman–Crippen LogP) is 2.63. The topological polar surface area (TPSA) is 191 Å². The Morgan fingerprint density at radius 1 is 1.02 bits per heavy atom. The van der Waals surface area contributed by atoms with Gasteiger partial charge in [-0.15, -0.1) is 0 Å². The van der Waals surface area contributed by atoms with E-state index in [-0.39, 0.29) is 73.7 Å². The molecule has 1 aliphatic heterocycles. The van der Waals surface area contributed by atoms with Crippen molar-refractivity contribution in [2.75, 3.05) is 26.7 Å². The summed E-state index contributed by atoms with van der Waals surface area (Å²) >= 11 is 0. The Balaban J connectivity index is 1.66. The van der Waals surface area contributed by atoms with Gasteiger partial charge >= 0.3 is 0 Å². The van der Waals surface area contributed by atoms with Gasteiger partial charge in [0.1, 0.15) is 29.3 Å². The SMILES string of the molecule is CC[C@H](C)[C@@H]1NC(=O)[C@H]([C@@H](C)O)NC(=O)CCCN(C(=O)c2ccc[nH]2)CCNC(=O)c2ccc(OC)c(c2)Oc2cc(F)cc(c2)CNC1=O. The molecule has 2 heterocycles. The second-order valence-electron chi connectivity index (χ2n) is 12.4. The first-order valence-corrected chi connectivity index (χ1v) is 16.8. The second kappa shape index (κ2) is 18.0. The van der Waals surface area contributed by atoms with Crippen molar-refractivity contribution >= 4 is 29.5 Å². The Morgan fingerprint density at radius 2 is 1.80 bits per heavy atom. The average molecular weight is 709 g/mol. The highest BCUT2D eigenvalue weighted by molar-refractivity contribution is 5.95. The van der Waals surface area contributed by atoms with Gasteiger partial charge in [-0.2, -0.15) is 0 Å². The maximum atomic E-state index is 14.8. The van der Waals surface area contributed by atoms with Crippen LogP contribution in [0.2, 0.25) is 0 Å². The minimum Gasteiger partial charge on any atom is -0.493 e. The van der Waals surface area contributed by atoms with Gasteiger partial charge in [0.05, 0.1) is 13.2 Å². The fourth-order valence-electron chi connectivity index (χ4n) is 5.49. The van der Waals surface area contributed by atoms with Crippen molar-refractivity contribution in [3.63, 3.8) is 0 Å². The molecule has 0 radical (unpaired) electrons. The number of aromatic nitrogens is 1. The van der Waals surface area contributed by atoms with Crippen LogP contribution in [0.15, 0.2) is 54.7 Å². The minimum atomic E-state index is -1.37. The van der Waals surface area contributed by atoms with Crippen LogP contribution in [0.5, 0.6) is 17.2 Å². The number of halogens is 1. The molecule has 3 aromatic rings. The number of fused-ring (bicyclic) bond motifs is 4. The van der Waals surface area contributed by atoms with Gasteiger partial charge in [0, 0.05) is 50.4 Å². The summed E-state index contributed by atoms with van der Waals surface area (Å²) in [6, 6.07) is 9.26. The monoisotopic (exact) mass is 708 g/mol. The molecule has 1 aromatic heterocycles. The first-order chi connectivity index (χ1) is 24.4. The summed E-state index contributed by atoms with van der Waals surface area (Å²) in [4.78, 5) is 70.5. The summed E-state index contributed by atoms with van der Waals surface area (Å²) in [5.74, 6) is -3.18. The lowest BCUT2D eigenvalue weighted by Gasteiger charge is -2.28. The van der Waals surface area contributed by atoms with Crippen LogP contribution in [0.25, 0.3) is 0 Å². The van der Waals surface area contributed by atoms with Crippen LogP contribution < -0.4 is 30.7 Å². The minimum absolute atomic E-state index is 0.0697. The molecule has 0 saturated carbocycles. The van der Waals surface area contributed by atoms with Crippen molar-refractivity contribution in [1.29, 1.82) is 0 Å². The molecule has 0 spiro atoms. The number of ether oxygens (including phenoxy) is 2. The van der Waals surface area contributed by atoms with E-state index in [0.717, 1.165) is 6.07 Å². The molecule has 4 atom stereocenters. The van der Waals surface area contributed by atoms with Crippen LogP contribution in [0.3, 0.4) is 0 Å². The van der Waals surface area contributed by atoms with Crippen LogP contribution >= 0.6 is 0 Å². The Hall–Kier alpha value is -5.44. The molecule has 14 nitrogen and oxygen atoms in total. The largest absolute Gasteiger partial charge is 0.493 e. The number of carbonyl (C=O) groups excluding carboxylic acids is 5. The average Bonchev–Trinajstić information content (AvgIpc) is 3.65. The van der Waals surface area contributed by atoms with Gasteiger partial charge in [-0.05, 0) is 67.3 Å². The van der Waals surface area contributed by atoms with Gasteiger partial charge in [0.15, 0.2) is 11.5 Å². The molecule has 0 saturated heterocycles. The highest BCUT2D eigenvalue weighted by Gasteiger charge is 2.32. The third-order valence-electron chi connectivity index (χ3n) is 8.54. The number of nitrogens with one attached hydrogen (secondary N) is 5. The molecule has 4 rings (SSSR count). The van der Waals surface area contributed by atoms with E-state index in [1.807, 2.05) is 6.92 Å². The third-order valence-corrected chi connectivity index (χ3v) is 8.54. The molecular weight excluding hydrogens is 663 g/mol. The smallest absolute Gasteiger partial charge is 0.270 e. The van der Waals surface area contributed by atoms with Gasteiger partial charge in [-0.1, -0.05) is 20.3 Å². The maximum Gasteiger partial charge on any atom is 0.270 e. The fourth-order valence-corrected chi connectivity index (χ4v) is 5.49. The fraction of sp³-hybridized carbons (Fsp3) is 0.417. The number of benzene rings is 2. The number of hydrogen-bond donors (Lipinski definition) is 6. The van der Waals surface area contributed by atoms with Gasteiger partial charge in [-0.3, -0.25) is 24.0 Å². The quantitative estimate of drug-likeness (QED) is 0.233. The molecule has 0 aliphatic carbocycles. The standard InChI is InChI=1S/C36H45FN6O8/c1-5-21(2)31-34(47)40-20-23-16-25(37)19-26(17-23)51-29-18-24(10-11-28(29)50-4)33(46)39-13-15-43(36(49)27-8-6-12-38-27)14-7-9-30(45)41-32(22(3)44)35(48)42-31/h6,8,10-12,16-19,21-22,31-32,38,44H,5,7,9,13-15,20H2,1-4H3,(H,39,46)(H,40,47)(H,41,45)(H,42,48)/t21-,22+,31-,32-/m0/s1. The normalized spacial score (nSPS) is 19.6. The van der Waals surface area contributed by atoms with Crippen LogP contribution in [0.4, 0.5) is 4.39 Å². The van der Waals surface area contributed by atoms with Gasteiger partial charge in [-0.25, -0.2) is 4.39 Å². The van der Waals surface area contributed by atoms with E-state index in [0.29, 0.717) is 17.7 Å². The number of aliphatic hydroxyl groups is 1. The molecule has 2 aromatic carbocycles. The zero-order valence-electron chi connectivity index (χ0n) is 29.1. The van der Waals surface area contributed by atoms with Crippen LogP contribution in [0, 0.1) is 11.7 Å². The molecule has 1 aliphatic rings. The van der Waals surface area contributed by atoms with E-state index in [4.69, 9.17) is 9.47 Å². The number of H-pyrrole nitrogens is 1. The number of amides is 5. The van der Waals surface area contributed by atoms with Crippen molar-refractivity contribution in [3.8, 4) is 17.2 Å². The lowest BCUT2D eigenvalue weighted by molar-refractivity contribution is -0.135. The van der Waals surface area contributed by atoms with Gasteiger partial charge < -0.3 is 45.7 Å². The molecule has 274 valence electrons. The number of methoxy groups -OCH3 is 1. The summed E-state index contributed by atoms with van der Waals surface area (Å²) in [6.45, 7) is 5.16. The van der Waals surface area contributed by atoms with Crippen molar-refractivity contribution < 1.29 is 42.9 Å². The highest BCUT2D eigenvalue weighted by Crippen LogP contribution is 2.33. The molecule has 5 amide bonds. The summed E-state index contributed by atoms with van der Waals surface area (Å²) in [5, 5.41) is 21.1. The summed E-state index contributed by atoms with van der Waals surface area (Å²) in [6.07, 6.45) is 0.938. The number of rotatable bonds is 5. The third kappa shape index (κ3) is 10.5. The van der Waals surface area contributed by atoms with Crippen molar-refractivity contribution in [1.82, 2.24) is 31.2 Å². The molecule has 0 unspecified atom stereocenters. The Labute approximate surface area is 295 Å². The number of hydrogen-bond acceptors (Lipinski definition) is 8. The van der Waals surface area contributed by atoms with E-state index in [1.54, 1.807) is 25.3 Å². The van der Waals surface area contributed by atoms with Crippen LogP contribution in [0.1, 0.15) is 66.4 Å². The first kappa shape index (κ1) is 38.4. The highest BCUT2D eigenvalue weighted by atomic mass is 19.1. The molecule has 0 fully saturated rings. The second-order valence-corrected chi connectivity index (χ2v) is 12.4. The zero-order valence-corrected chi connectivity index (χ0v) is 29.1. The lowest BCUT2D eigenvalue weighted by Crippen LogP contribution is -2.58.